The highest BCUT2D eigenvalue weighted by Crippen LogP contribution is 2.29. The number of aromatic nitrogens is 4. The zero-order valence-electron chi connectivity index (χ0n) is 11.3. The van der Waals surface area contributed by atoms with Crippen molar-refractivity contribution >= 4 is 28.4 Å². The molecule has 0 aliphatic heterocycles. The third kappa shape index (κ3) is 2.85. The van der Waals surface area contributed by atoms with E-state index in [4.69, 9.17) is 0 Å². The molecular weight excluding hydrogens is 377 g/mol. The number of anilines is 1. The van der Waals surface area contributed by atoms with Crippen molar-refractivity contribution < 1.29 is 0 Å². The van der Waals surface area contributed by atoms with Crippen LogP contribution in [0, 0.1) is 3.57 Å². The van der Waals surface area contributed by atoms with Crippen molar-refractivity contribution in [3.8, 4) is 22.8 Å². The van der Waals surface area contributed by atoms with Gasteiger partial charge in [-0.05, 0) is 22.6 Å². The fourth-order valence-corrected chi connectivity index (χ4v) is 2.75. The van der Waals surface area contributed by atoms with Crippen LogP contribution in [0.2, 0.25) is 0 Å². The summed E-state index contributed by atoms with van der Waals surface area (Å²) in [5.41, 5.74) is 2.59. The van der Waals surface area contributed by atoms with E-state index in [1.165, 1.54) is 0 Å². The molecule has 104 valence electrons. The predicted octanol–water partition coefficient (Wildman–Crippen LogP) is 3.25. The molecule has 21 heavy (non-hydrogen) atoms. The minimum Gasteiger partial charge on any atom is -0.372 e. The van der Waals surface area contributed by atoms with Crippen LogP contribution < -0.4 is 5.32 Å². The van der Waals surface area contributed by atoms with Gasteiger partial charge in [0.05, 0.1) is 15.5 Å². The van der Waals surface area contributed by atoms with Crippen LogP contribution in [0.15, 0.2) is 48.9 Å². The minimum absolute atomic E-state index is 0.562. The second kappa shape index (κ2) is 6.13. The van der Waals surface area contributed by atoms with Crippen LogP contribution in [0.3, 0.4) is 0 Å². The van der Waals surface area contributed by atoms with Gasteiger partial charge in [-0.2, -0.15) is 0 Å². The molecular formula is C15H12IN5. The first-order chi connectivity index (χ1) is 10.3. The molecule has 0 atom stereocenters. The van der Waals surface area contributed by atoms with E-state index in [0.29, 0.717) is 11.5 Å². The maximum absolute atomic E-state index is 4.66. The van der Waals surface area contributed by atoms with Crippen molar-refractivity contribution in [2.75, 3.05) is 12.4 Å². The van der Waals surface area contributed by atoms with Gasteiger partial charge in [-0.15, -0.1) is 0 Å². The summed E-state index contributed by atoms with van der Waals surface area (Å²) in [4.78, 5) is 17.5. The molecule has 2 aromatic heterocycles. The van der Waals surface area contributed by atoms with Crippen LogP contribution in [-0.2, 0) is 0 Å². The molecule has 0 fully saturated rings. The van der Waals surface area contributed by atoms with Gasteiger partial charge in [-0.3, -0.25) is 4.98 Å². The predicted molar refractivity (Wildman–Crippen MR) is 90.8 cm³/mol. The lowest BCUT2D eigenvalue weighted by Gasteiger charge is -2.11. The molecule has 6 heteroatoms. The summed E-state index contributed by atoms with van der Waals surface area (Å²) in [6, 6.07) is 10.0. The average Bonchev–Trinajstić information content (AvgIpc) is 2.56. The summed E-state index contributed by atoms with van der Waals surface area (Å²) >= 11 is 2.26. The Labute approximate surface area is 136 Å². The van der Waals surface area contributed by atoms with Crippen molar-refractivity contribution in [3.63, 3.8) is 0 Å². The van der Waals surface area contributed by atoms with Crippen LogP contribution in [0.4, 0.5) is 5.82 Å². The summed E-state index contributed by atoms with van der Waals surface area (Å²) in [6.45, 7) is 0. The van der Waals surface area contributed by atoms with Crippen LogP contribution in [0.25, 0.3) is 22.8 Å². The van der Waals surface area contributed by atoms with E-state index in [0.717, 1.165) is 20.6 Å². The lowest BCUT2D eigenvalue weighted by Crippen LogP contribution is -2.03. The average molecular weight is 389 g/mol. The van der Waals surface area contributed by atoms with Gasteiger partial charge in [0.1, 0.15) is 11.5 Å². The van der Waals surface area contributed by atoms with Crippen LogP contribution >= 0.6 is 22.6 Å². The van der Waals surface area contributed by atoms with Gasteiger partial charge in [0.15, 0.2) is 5.82 Å². The molecule has 2 heterocycles. The summed E-state index contributed by atoms with van der Waals surface area (Å²) in [5, 5.41) is 3.11. The van der Waals surface area contributed by atoms with E-state index in [-0.39, 0.29) is 0 Å². The van der Waals surface area contributed by atoms with E-state index < -0.39 is 0 Å². The van der Waals surface area contributed by atoms with E-state index in [1.807, 2.05) is 37.4 Å². The standard InChI is InChI=1S/C15H12IN5/c1-17-15-12(16)13(10-5-3-2-4-6-10)20-14(21-15)11-9-18-7-8-19-11/h2-9H,1H3,(H,17,20,21). The Kier molecular flexibility index (Phi) is 4.05. The quantitative estimate of drug-likeness (QED) is 0.697. The topological polar surface area (TPSA) is 63.6 Å². The molecule has 0 spiro atoms. The number of hydrogen-bond acceptors (Lipinski definition) is 5. The molecule has 0 radical (unpaired) electrons. The number of hydrogen-bond donors (Lipinski definition) is 1. The number of benzene rings is 1. The molecule has 1 N–H and O–H groups in total. The maximum atomic E-state index is 4.66. The van der Waals surface area contributed by atoms with Crippen molar-refractivity contribution in [1.29, 1.82) is 0 Å². The number of nitrogens with one attached hydrogen (secondary N) is 1. The first-order valence-corrected chi connectivity index (χ1v) is 7.44. The first kappa shape index (κ1) is 13.9. The fourth-order valence-electron chi connectivity index (χ4n) is 1.93. The van der Waals surface area contributed by atoms with E-state index in [1.54, 1.807) is 18.6 Å². The van der Waals surface area contributed by atoms with Crippen molar-refractivity contribution in [2.45, 2.75) is 0 Å². The maximum Gasteiger partial charge on any atom is 0.182 e. The normalized spacial score (nSPS) is 10.4. The smallest absolute Gasteiger partial charge is 0.182 e. The molecule has 0 saturated carbocycles. The van der Waals surface area contributed by atoms with Gasteiger partial charge in [0.25, 0.3) is 0 Å². The second-order valence-corrected chi connectivity index (χ2v) is 5.34. The largest absolute Gasteiger partial charge is 0.372 e. The number of nitrogens with zero attached hydrogens (tertiary/aromatic N) is 4. The fraction of sp³-hybridized carbons (Fsp3) is 0.0667. The van der Waals surface area contributed by atoms with Crippen LogP contribution in [0.5, 0.6) is 0 Å². The highest BCUT2D eigenvalue weighted by Gasteiger charge is 2.14. The SMILES string of the molecule is CNc1nc(-c2cnccn2)nc(-c2ccccc2)c1I. The third-order valence-electron chi connectivity index (χ3n) is 2.93. The third-order valence-corrected chi connectivity index (χ3v) is 3.95. The van der Waals surface area contributed by atoms with E-state index in [9.17, 15) is 0 Å². The number of halogens is 1. The van der Waals surface area contributed by atoms with Crippen molar-refractivity contribution in [3.05, 3.63) is 52.5 Å². The molecule has 3 rings (SSSR count). The van der Waals surface area contributed by atoms with Gasteiger partial charge >= 0.3 is 0 Å². The summed E-state index contributed by atoms with van der Waals surface area (Å²) in [5.74, 6) is 1.34. The molecule has 0 amide bonds. The molecule has 3 aromatic rings. The molecule has 0 aliphatic rings. The Bertz CT molecular complexity index is 747. The Hall–Kier alpha value is -2.09. The second-order valence-electron chi connectivity index (χ2n) is 4.27. The summed E-state index contributed by atoms with van der Waals surface area (Å²) in [7, 11) is 1.85. The van der Waals surface area contributed by atoms with Gasteiger partial charge in [0, 0.05) is 25.0 Å². The zero-order chi connectivity index (χ0) is 14.7. The molecule has 0 aliphatic carbocycles. The van der Waals surface area contributed by atoms with Gasteiger partial charge in [0.2, 0.25) is 0 Å². The Morgan fingerprint density at radius 1 is 1.05 bits per heavy atom. The number of rotatable bonds is 3. The molecule has 0 saturated heterocycles. The Balaban J connectivity index is 2.21. The van der Waals surface area contributed by atoms with Gasteiger partial charge < -0.3 is 5.32 Å². The van der Waals surface area contributed by atoms with Gasteiger partial charge in [-0.1, -0.05) is 30.3 Å². The summed E-state index contributed by atoms with van der Waals surface area (Å²) < 4.78 is 0.981. The van der Waals surface area contributed by atoms with Crippen molar-refractivity contribution in [1.82, 2.24) is 19.9 Å². The lowest BCUT2D eigenvalue weighted by molar-refractivity contribution is 1.10. The van der Waals surface area contributed by atoms with Crippen LogP contribution in [0.1, 0.15) is 0 Å². The lowest BCUT2D eigenvalue weighted by atomic mass is 10.1. The Morgan fingerprint density at radius 2 is 1.86 bits per heavy atom. The van der Waals surface area contributed by atoms with Crippen LogP contribution in [-0.4, -0.2) is 27.0 Å². The highest BCUT2D eigenvalue weighted by molar-refractivity contribution is 14.1. The highest BCUT2D eigenvalue weighted by atomic mass is 127. The Morgan fingerprint density at radius 3 is 2.52 bits per heavy atom. The minimum atomic E-state index is 0.562. The molecule has 1 aromatic carbocycles. The zero-order valence-corrected chi connectivity index (χ0v) is 13.4. The molecule has 5 nitrogen and oxygen atoms in total. The van der Waals surface area contributed by atoms with Gasteiger partial charge in [-0.25, -0.2) is 15.0 Å². The van der Waals surface area contributed by atoms with E-state index >= 15 is 0 Å². The van der Waals surface area contributed by atoms with Crippen molar-refractivity contribution in [2.24, 2.45) is 0 Å². The van der Waals surface area contributed by atoms with E-state index in [2.05, 4.69) is 47.8 Å². The summed E-state index contributed by atoms with van der Waals surface area (Å²) in [6.07, 6.45) is 4.93. The molecule has 0 bridgehead atoms. The first-order valence-electron chi connectivity index (χ1n) is 6.36. The monoisotopic (exact) mass is 389 g/mol. The molecule has 0 unspecified atom stereocenters.